The van der Waals surface area contributed by atoms with Crippen molar-refractivity contribution < 1.29 is 19.7 Å². The van der Waals surface area contributed by atoms with E-state index >= 15 is 0 Å². The van der Waals surface area contributed by atoms with Crippen LogP contribution in [0.1, 0.15) is 58.8 Å². The van der Waals surface area contributed by atoms with Crippen molar-refractivity contribution in [3.8, 4) is 0 Å². The van der Waals surface area contributed by atoms with Gasteiger partial charge in [-0.1, -0.05) is 6.42 Å². The molecule has 1 saturated heterocycles. The van der Waals surface area contributed by atoms with Crippen molar-refractivity contribution in [3.63, 3.8) is 0 Å². The molecule has 0 aromatic rings. The molecule has 2 saturated carbocycles. The first-order valence-corrected chi connectivity index (χ1v) is 8.63. The maximum Gasteiger partial charge on any atom is 0.164 e. The van der Waals surface area contributed by atoms with Gasteiger partial charge in [0.25, 0.3) is 0 Å². The normalized spacial score (nSPS) is 45.1. The summed E-state index contributed by atoms with van der Waals surface area (Å²) in [6.07, 6.45) is 7.52. The van der Waals surface area contributed by atoms with E-state index in [1.165, 1.54) is 6.42 Å². The van der Waals surface area contributed by atoms with E-state index < -0.39 is 5.79 Å². The van der Waals surface area contributed by atoms with Gasteiger partial charge in [0.2, 0.25) is 0 Å². The fourth-order valence-electron chi connectivity index (χ4n) is 5.33. The highest BCUT2D eigenvalue weighted by atomic mass is 16.8. The van der Waals surface area contributed by atoms with Crippen molar-refractivity contribution in [2.24, 2.45) is 17.8 Å². The summed E-state index contributed by atoms with van der Waals surface area (Å²) in [5.74, 6) is 0.669. The van der Waals surface area contributed by atoms with Crippen LogP contribution in [0, 0.1) is 17.8 Å². The standard InChI is InChI=1S/C17H30O4/c1-16(2)20-15-9-8-12(11-19)14-7-3-5-13(6-4-10-18)17(14,15)21-16/h12-15,18-19H,3-11H2,1-2H3/t12-,13+,14?,15+,17-/m0/s1. The third-order valence-corrected chi connectivity index (χ3v) is 5.95. The Morgan fingerprint density at radius 1 is 1.10 bits per heavy atom. The number of aliphatic hydroxyl groups excluding tert-OH is 2. The van der Waals surface area contributed by atoms with Crippen LogP contribution in [-0.2, 0) is 9.47 Å². The van der Waals surface area contributed by atoms with E-state index in [2.05, 4.69) is 0 Å². The molecule has 0 amide bonds. The molecule has 1 aliphatic heterocycles. The molecule has 0 radical (unpaired) electrons. The van der Waals surface area contributed by atoms with Crippen LogP contribution in [0.25, 0.3) is 0 Å². The van der Waals surface area contributed by atoms with Crippen molar-refractivity contribution in [3.05, 3.63) is 0 Å². The Kier molecular flexibility index (Phi) is 4.34. The molecule has 0 aromatic heterocycles. The minimum absolute atomic E-state index is 0.157. The molecule has 1 unspecified atom stereocenters. The second kappa shape index (κ2) is 5.80. The molecule has 4 heteroatoms. The number of hydrogen-bond acceptors (Lipinski definition) is 4. The molecule has 3 rings (SSSR count). The Bertz CT molecular complexity index is 370. The summed E-state index contributed by atoms with van der Waals surface area (Å²) >= 11 is 0. The van der Waals surface area contributed by atoms with E-state index in [9.17, 15) is 10.2 Å². The molecule has 1 spiro atoms. The fourth-order valence-corrected chi connectivity index (χ4v) is 5.33. The Morgan fingerprint density at radius 2 is 1.90 bits per heavy atom. The summed E-state index contributed by atoms with van der Waals surface area (Å²) in [5, 5.41) is 19.0. The maximum atomic E-state index is 9.80. The average molecular weight is 298 g/mol. The second-order valence-electron chi connectivity index (χ2n) is 7.58. The lowest BCUT2D eigenvalue weighted by Crippen LogP contribution is -2.60. The molecule has 1 heterocycles. The van der Waals surface area contributed by atoms with E-state index in [0.29, 0.717) is 17.8 Å². The van der Waals surface area contributed by atoms with Gasteiger partial charge in [-0.2, -0.15) is 0 Å². The molecule has 0 bridgehead atoms. The van der Waals surface area contributed by atoms with Gasteiger partial charge < -0.3 is 19.7 Å². The average Bonchev–Trinajstić information content (AvgIpc) is 2.73. The third-order valence-electron chi connectivity index (χ3n) is 5.95. The highest BCUT2D eigenvalue weighted by molar-refractivity contribution is 5.11. The smallest absolute Gasteiger partial charge is 0.164 e. The van der Waals surface area contributed by atoms with Crippen LogP contribution < -0.4 is 0 Å². The van der Waals surface area contributed by atoms with Crippen LogP contribution in [0.5, 0.6) is 0 Å². The van der Waals surface area contributed by atoms with Gasteiger partial charge in [0, 0.05) is 13.2 Å². The molecular formula is C17H30O4. The number of hydrogen-bond donors (Lipinski definition) is 2. The highest BCUT2D eigenvalue weighted by Gasteiger charge is 2.64. The van der Waals surface area contributed by atoms with Gasteiger partial charge in [-0.05, 0) is 70.1 Å². The van der Waals surface area contributed by atoms with Crippen LogP contribution in [0.3, 0.4) is 0 Å². The molecule has 21 heavy (non-hydrogen) atoms. The first-order chi connectivity index (χ1) is 10.0. The summed E-state index contributed by atoms with van der Waals surface area (Å²) in [6, 6.07) is 0. The van der Waals surface area contributed by atoms with Crippen LogP contribution in [0.2, 0.25) is 0 Å². The van der Waals surface area contributed by atoms with E-state index in [1.54, 1.807) is 0 Å². The fraction of sp³-hybridized carbons (Fsp3) is 1.00. The number of aliphatic hydroxyl groups is 2. The Morgan fingerprint density at radius 3 is 2.62 bits per heavy atom. The van der Waals surface area contributed by atoms with Crippen molar-refractivity contribution in [1.29, 1.82) is 0 Å². The Labute approximate surface area is 127 Å². The summed E-state index contributed by atoms with van der Waals surface area (Å²) in [6.45, 7) is 4.54. The predicted molar refractivity (Wildman–Crippen MR) is 79.7 cm³/mol. The zero-order valence-electron chi connectivity index (χ0n) is 13.4. The summed E-state index contributed by atoms with van der Waals surface area (Å²) in [7, 11) is 0. The van der Waals surface area contributed by atoms with Crippen molar-refractivity contribution in [2.45, 2.75) is 76.3 Å². The van der Waals surface area contributed by atoms with Crippen molar-refractivity contribution in [1.82, 2.24) is 0 Å². The SMILES string of the molecule is CC1(C)O[C@@H]2CC[C@@H](CO)C3CCC[C@H](CCCO)[C@]32O1. The lowest BCUT2D eigenvalue weighted by Gasteiger charge is -2.54. The third kappa shape index (κ3) is 2.54. The topological polar surface area (TPSA) is 58.9 Å². The molecule has 122 valence electrons. The second-order valence-corrected chi connectivity index (χ2v) is 7.58. The van der Waals surface area contributed by atoms with Gasteiger partial charge in [-0.25, -0.2) is 0 Å². The van der Waals surface area contributed by atoms with Gasteiger partial charge in [0.05, 0.1) is 6.10 Å². The highest BCUT2D eigenvalue weighted by Crippen LogP contribution is 2.58. The molecule has 2 aliphatic carbocycles. The lowest BCUT2D eigenvalue weighted by molar-refractivity contribution is -0.208. The molecule has 3 fully saturated rings. The van der Waals surface area contributed by atoms with E-state index in [-0.39, 0.29) is 24.9 Å². The van der Waals surface area contributed by atoms with Gasteiger partial charge in [-0.3, -0.25) is 0 Å². The molecule has 4 nitrogen and oxygen atoms in total. The van der Waals surface area contributed by atoms with E-state index in [1.807, 2.05) is 13.8 Å². The molecule has 5 atom stereocenters. The number of rotatable bonds is 4. The first-order valence-electron chi connectivity index (χ1n) is 8.63. The monoisotopic (exact) mass is 298 g/mol. The Hall–Kier alpha value is -0.160. The summed E-state index contributed by atoms with van der Waals surface area (Å²) in [5.41, 5.74) is -0.234. The van der Waals surface area contributed by atoms with Gasteiger partial charge >= 0.3 is 0 Å². The minimum Gasteiger partial charge on any atom is -0.396 e. The largest absolute Gasteiger partial charge is 0.396 e. The predicted octanol–water partition coefficient (Wildman–Crippen LogP) is 2.47. The zero-order valence-corrected chi connectivity index (χ0v) is 13.4. The van der Waals surface area contributed by atoms with E-state index in [0.717, 1.165) is 38.5 Å². The minimum atomic E-state index is -0.526. The molecule has 3 aliphatic rings. The van der Waals surface area contributed by atoms with Crippen molar-refractivity contribution in [2.75, 3.05) is 13.2 Å². The Balaban J connectivity index is 1.93. The van der Waals surface area contributed by atoms with Gasteiger partial charge in [-0.15, -0.1) is 0 Å². The van der Waals surface area contributed by atoms with Gasteiger partial charge in [0.15, 0.2) is 5.79 Å². The van der Waals surface area contributed by atoms with E-state index in [4.69, 9.17) is 9.47 Å². The quantitative estimate of drug-likeness (QED) is 0.837. The maximum absolute atomic E-state index is 9.80. The van der Waals surface area contributed by atoms with Crippen LogP contribution >= 0.6 is 0 Å². The zero-order chi connectivity index (χ0) is 15.1. The number of ether oxygens (including phenoxy) is 2. The molecule has 2 N–H and O–H groups in total. The van der Waals surface area contributed by atoms with Crippen molar-refractivity contribution >= 4 is 0 Å². The molecular weight excluding hydrogens is 268 g/mol. The first kappa shape index (κ1) is 15.7. The lowest BCUT2D eigenvalue weighted by atomic mass is 9.56. The molecule has 0 aromatic carbocycles. The van der Waals surface area contributed by atoms with Crippen LogP contribution in [0.15, 0.2) is 0 Å². The summed E-state index contributed by atoms with van der Waals surface area (Å²) < 4.78 is 12.8. The van der Waals surface area contributed by atoms with Gasteiger partial charge in [0.1, 0.15) is 5.60 Å². The van der Waals surface area contributed by atoms with Crippen LogP contribution in [-0.4, -0.2) is 40.9 Å². The van der Waals surface area contributed by atoms with Crippen LogP contribution in [0.4, 0.5) is 0 Å². The summed E-state index contributed by atoms with van der Waals surface area (Å²) in [4.78, 5) is 0.